The van der Waals surface area contributed by atoms with Crippen LogP contribution in [0, 0.1) is 0 Å². The maximum Gasteiger partial charge on any atom is 0.406 e. The van der Waals surface area contributed by atoms with Crippen molar-refractivity contribution < 1.29 is 32.3 Å². The average Bonchev–Trinajstić information content (AvgIpc) is 2.40. The largest absolute Gasteiger partial charge is 0.406 e. The number of halogens is 3. The van der Waals surface area contributed by atoms with Crippen molar-refractivity contribution in [2.24, 2.45) is 0 Å². The van der Waals surface area contributed by atoms with Crippen molar-refractivity contribution in [1.29, 1.82) is 0 Å². The molecule has 1 fully saturated rings. The summed E-state index contributed by atoms with van der Waals surface area (Å²) in [4.78, 5) is 48.5. The Bertz CT molecular complexity index is 488. The number of urea groups is 1. The molecule has 1 aliphatic rings. The number of carbonyl (C=O) groups is 4. The van der Waals surface area contributed by atoms with Crippen LogP contribution in [0.15, 0.2) is 0 Å². The molecule has 1 aliphatic heterocycles. The molecule has 5 amide bonds. The number of likely N-dealkylation sites (N-methyl/N-ethyl adjacent to an activating group) is 1. The van der Waals surface area contributed by atoms with E-state index in [1.165, 1.54) is 4.90 Å². The molecule has 0 atom stereocenters. The number of carbonyl (C=O) groups excluding carboxylic acids is 4. The number of amides is 5. The highest BCUT2D eigenvalue weighted by atomic mass is 19.4. The summed E-state index contributed by atoms with van der Waals surface area (Å²) in [5.74, 6) is -2.78. The van der Waals surface area contributed by atoms with E-state index in [0.717, 1.165) is 0 Å². The quantitative estimate of drug-likeness (QED) is 0.694. The van der Waals surface area contributed by atoms with Gasteiger partial charge in [0.05, 0.1) is 0 Å². The third-order valence-corrected chi connectivity index (χ3v) is 3.11. The Balaban J connectivity index is 2.90. The molecule has 0 N–H and O–H groups in total. The van der Waals surface area contributed by atoms with Gasteiger partial charge in [-0.15, -0.1) is 0 Å². The molecule has 10 heteroatoms. The third kappa shape index (κ3) is 4.18. The summed E-state index contributed by atoms with van der Waals surface area (Å²) in [6.45, 7) is 1.56. The summed E-state index contributed by atoms with van der Waals surface area (Å²) in [6.07, 6.45) is -5.65. The van der Waals surface area contributed by atoms with Gasteiger partial charge in [-0.2, -0.15) is 13.2 Å². The minimum Gasteiger partial charge on any atom is -0.342 e. The van der Waals surface area contributed by atoms with Gasteiger partial charge in [0.25, 0.3) is 0 Å². The molecule has 0 unspecified atom stereocenters. The van der Waals surface area contributed by atoms with E-state index in [9.17, 15) is 32.3 Å². The van der Waals surface area contributed by atoms with Gasteiger partial charge in [-0.05, 0) is 13.8 Å². The maximum absolute atomic E-state index is 12.4. The molecule has 0 saturated carbocycles. The van der Waals surface area contributed by atoms with E-state index in [2.05, 4.69) is 0 Å². The molecule has 124 valence electrons. The lowest BCUT2D eigenvalue weighted by Crippen LogP contribution is -2.59. The topological polar surface area (TPSA) is 78.0 Å². The molecule has 0 radical (unpaired) electrons. The second-order valence-electron chi connectivity index (χ2n) is 4.60. The van der Waals surface area contributed by atoms with Crippen LogP contribution in [0.5, 0.6) is 0 Å². The van der Waals surface area contributed by atoms with E-state index < -0.39 is 49.4 Å². The Morgan fingerprint density at radius 1 is 1.09 bits per heavy atom. The van der Waals surface area contributed by atoms with Crippen LogP contribution in [0.4, 0.5) is 18.0 Å². The standard InChI is InChI=1S/C12H16F3N3O4/c1-3-16(4-2)10(21)6-17-8(19)5-9(20)18(11(17)22)7-12(13,14)15/h3-7H2,1-2H3. The van der Waals surface area contributed by atoms with Crippen LogP contribution in [0.3, 0.4) is 0 Å². The predicted octanol–water partition coefficient (Wildman–Crippen LogP) is 0.598. The van der Waals surface area contributed by atoms with E-state index in [0.29, 0.717) is 18.0 Å². The van der Waals surface area contributed by atoms with Crippen molar-refractivity contribution in [2.75, 3.05) is 26.2 Å². The molecule has 0 aromatic heterocycles. The molecular weight excluding hydrogens is 307 g/mol. The zero-order valence-electron chi connectivity index (χ0n) is 12.1. The number of hydrogen-bond acceptors (Lipinski definition) is 4. The number of hydrogen-bond donors (Lipinski definition) is 0. The number of alkyl halides is 3. The van der Waals surface area contributed by atoms with Gasteiger partial charge in [0.1, 0.15) is 19.5 Å². The summed E-state index contributed by atoms with van der Waals surface area (Å²) in [7, 11) is 0. The van der Waals surface area contributed by atoms with Crippen LogP contribution in [-0.4, -0.2) is 70.8 Å². The molecule has 7 nitrogen and oxygen atoms in total. The van der Waals surface area contributed by atoms with Crippen LogP contribution in [0.25, 0.3) is 0 Å². The lowest BCUT2D eigenvalue weighted by Gasteiger charge is -2.33. The van der Waals surface area contributed by atoms with Gasteiger partial charge in [-0.25, -0.2) is 4.79 Å². The number of nitrogens with zero attached hydrogens (tertiary/aromatic N) is 3. The lowest BCUT2D eigenvalue weighted by molar-refractivity contribution is -0.162. The number of imide groups is 2. The van der Waals surface area contributed by atoms with E-state index in [1.54, 1.807) is 13.8 Å². The van der Waals surface area contributed by atoms with Gasteiger partial charge >= 0.3 is 12.2 Å². The molecule has 1 heterocycles. The van der Waals surface area contributed by atoms with Crippen molar-refractivity contribution >= 4 is 23.8 Å². The monoisotopic (exact) mass is 323 g/mol. The van der Waals surface area contributed by atoms with Crippen molar-refractivity contribution in [2.45, 2.75) is 26.4 Å². The molecule has 22 heavy (non-hydrogen) atoms. The van der Waals surface area contributed by atoms with Crippen LogP contribution in [-0.2, 0) is 14.4 Å². The highest BCUT2D eigenvalue weighted by molar-refractivity contribution is 6.15. The highest BCUT2D eigenvalue weighted by Crippen LogP contribution is 2.21. The van der Waals surface area contributed by atoms with Crippen molar-refractivity contribution in [3.05, 3.63) is 0 Å². The summed E-state index contributed by atoms with van der Waals surface area (Å²) in [5, 5.41) is 0. The first-order chi connectivity index (χ1) is 10.1. The van der Waals surface area contributed by atoms with E-state index in [1.807, 2.05) is 0 Å². The van der Waals surface area contributed by atoms with Gasteiger partial charge < -0.3 is 4.90 Å². The molecular formula is C12H16F3N3O4. The molecule has 0 aromatic carbocycles. The average molecular weight is 323 g/mol. The SMILES string of the molecule is CCN(CC)C(=O)CN1C(=O)CC(=O)N(CC(F)(F)F)C1=O. The van der Waals surface area contributed by atoms with Gasteiger partial charge in [0, 0.05) is 13.1 Å². The Morgan fingerprint density at radius 3 is 2.05 bits per heavy atom. The molecule has 1 rings (SSSR count). The number of barbiturate groups is 1. The van der Waals surface area contributed by atoms with Gasteiger partial charge in [-0.3, -0.25) is 24.2 Å². The Morgan fingerprint density at radius 2 is 1.59 bits per heavy atom. The second-order valence-corrected chi connectivity index (χ2v) is 4.60. The Kier molecular flexibility index (Phi) is 5.50. The van der Waals surface area contributed by atoms with Gasteiger partial charge in [0.15, 0.2) is 0 Å². The molecule has 1 saturated heterocycles. The third-order valence-electron chi connectivity index (χ3n) is 3.11. The Labute approximate surface area is 124 Å². The fourth-order valence-corrected chi connectivity index (χ4v) is 1.98. The number of rotatable bonds is 5. The summed E-state index contributed by atoms with van der Waals surface area (Å²) < 4.78 is 37.2. The van der Waals surface area contributed by atoms with Crippen molar-refractivity contribution in [1.82, 2.24) is 14.7 Å². The summed E-state index contributed by atoms with van der Waals surface area (Å²) in [6, 6.07) is -1.42. The van der Waals surface area contributed by atoms with Crippen LogP contribution in [0.2, 0.25) is 0 Å². The van der Waals surface area contributed by atoms with Crippen LogP contribution < -0.4 is 0 Å². The fraction of sp³-hybridized carbons (Fsp3) is 0.667. The molecule has 0 aromatic rings. The smallest absolute Gasteiger partial charge is 0.342 e. The first-order valence-electron chi connectivity index (χ1n) is 6.59. The van der Waals surface area contributed by atoms with Crippen LogP contribution in [0.1, 0.15) is 20.3 Å². The summed E-state index contributed by atoms with van der Waals surface area (Å²) in [5.41, 5.74) is 0. The van der Waals surface area contributed by atoms with Crippen LogP contribution >= 0.6 is 0 Å². The zero-order valence-corrected chi connectivity index (χ0v) is 12.1. The fourth-order valence-electron chi connectivity index (χ4n) is 1.98. The minimum atomic E-state index is -4.78. The maximum atomic E-state index is 12.4. The predicted molar refractivity (Wildman–Crippen MR) is 67.4 cm³/mol. The van der Waals surface area contributed by atoms with E-state index in [4.69, 9.17) is 0 Å². The molecule has 0 spiro atoms. The van der Waals surface area contributed by atoms with E-state index >= 15 is 0 Å². The van der Waals surface area contributed by atoms with Crippen molar-refractivity contribution in [3.63, 3.8) is 0 Å². The lowest BCUT2D eigenvalue weighted by atomic mass is 10.2. The Hall–Kier alpha value is -2.13. The first kappa shape index (κ1) is 17.9. The zero-order chi connectivity index (χ0) is 17.1. The van der Waals surface area contributed by atoms with Gasteiger partial charge in [-0.1, -0.05) is 0 Å². The first-order valence-corrected chi connectivity index (χ1v) is 6.59. The molecule has 0 bridgehead atoms. The highest BCUT2D eigenvalue weighted by Gasteiger charge is 2.44. The molecule has 0 aliphatic carbocycles. The normalized spacial score (nSPS) is 16.3. The van der Waals surface area contributed by atoms with Gasteiger partial charge in [0.2, 0.25) is 17.7 Å². The van der Waals surface area contributed by atoms with E-state index in [-0.39, 0.29) is 4.90 Å². The van der Waals surface area contributed by atoms with Crippen molar-refractivity contribution in [3.8, 4) is 0 Å². The minimum absolute atomic E-state index is 0.0586. The second kappa shape index (κ2) is 6.75. The summed E-state index contributed by atoms with van der Waals surface area (Å²) >= 11 is 0.